The molecule has 6 atom stereocenters. The van der Waals surface area contributed by atoms with Crippen LogP contribution in [0.4, 0.5) is 0 Å². The van der Waals surface area contributed by atoms with E-state index in [9.17, 15) is 53.7 Å². The quantitative estimate of drug-likeness (QED) is 0.0692. The van der Waals surface area contributed by atoms with E-state index in [0.717, 1.165) is 0 Å². The van der Waals surface area contributed by atoms with Crippen molar-refractivity contribution in [3.63, 3.8) is 0 Å². The molecule has 17 nitrogen and oxygen atoms in total. The Kier molecular flexibility index (Phi) is 18.3. The van der Waals surface area contributed by atoms with Crippen molar-refractivity contribution in [2.24, 2.45) is 35.5 Å². The predicted molar refractivity (Wildman–Crippen MR) is 192 cm³/mol. The van der Waals surface area contributed by atoms with Crippen LogP contribution in [0.15, 0.2) is 48.6 Å². The minimum Gasteiger partial charge on any atom is -0.481 e. The van der Waals surface area contributed by atoms with Gasteiger partial charge in [-0.25, -0.2) is 19.2 Å². The van der Waals surface area contributed by atoms with Crippen molar-refractivity contribution in [3.8, 4) is 0 Å². The van der Waals surface area contributed by atoms with Gasteiger partial charge in [0, 0.05) is 40.0 Å². The van der Waals surface area contributed by atoms with Gasteiger partial charge in [-0.1, -0.05) is 26.3 Å². The molecule has 0 aromatic heterocycles. The molecule has 310 valence electrons. The van der Waals surface area contributed by atoms with Crippen LogP contribution in [-0.4, -0.2) is 108 Å². The fourth-order valence-corrected chi connectivity index (χ4v) is 6.30. The van der Waals surface area contributed by atoms with Crippen molar-refractivity contribution in [2.45, 2.75) is 84.7 Å². The summed E-state index contributed by atoms with van der Waals surface area (Å²) in [5, 5.41) is 30.4. The van der Waals surface area contributed by atoms with Crippen molar-refractivity contribution in [1.82, 2.24) is 0 Å². The number of rotatable bonds is 20. The maximum Gasteiger partial charge on any atom is 0.333 e. The Bertz CT molecular complexity index is 1510. The normalized spacial score (nSPS) is 21.9. The van der Waals surface area contributed by atoms with Crippen LogP contribution in [0, 0.1) is 35.5 Å². The molecule has 0 aliphatic heterocycles. The number of carbonyl (C=O) groups excluding carboxylic acids is 7. The first-order valence-corrected chi connectivity index (χ1v) is 18.0. The van der Waals surface area contributed by atoms with Crippen LogP contribution in [0.3, 0.4) is 0 Å². The van der Waals surface area contributed by atoms with Crippen molar-refractivity contribution < 1.29 is 82.1 Å². The summed E-state index contributed by atoms with van der Waals surface area (Å²) in [4.78, 5) is 101. The maximum atomic E-state index is 13.9. The molecule has 17 heteroatoms. The summed E-state index contributed by atoms with van der Waals surface area (Å²) in [6.07, 6.45) is -4.91. The highest BCUT2D eigenvalue weighted by molar-refractivity contribution is 5.89. The number of esters is 6. The fourth-order valence-electron chi connectivity index (χ4n) is 6.30. The van der Waals surface area contributed by atoms with Gasteiger partial charge in [-0.3, -0.25) is 19.2 Å². The van der Waals surface area contributed by atoms with Gasteiger partial charge in [0.25, 0.3) is 0 Å². The molecule has 2 saturated carbocycles. The van der Waals surface area contributed by atoms with E-state index in [1.807, 2.05) is 0 Å². The summed E-state index contributed by atoms with van der Waals surface area (Å²) in [6, 6.07) is 0. The van der Waals surface area contributed by atoms with E-state index in [0.29, 0.717) is 0 Å². The number of carbonyl (C=O) groups is 8. The number of carboxylic acid groups (broad SMARTS) is 1. The largest absolute Gasteiger partial charge is 0.481 e. The third kappa shape index (κ3) is 14.2. The topological polar surface area (TPSA) is 253 Å². The lowest BCUT2D eigenvalue weighted by Gasteiger charge is -2.38. The van der Waals surface area contributed by atoms with Gasteiger partial charge in [-0.15, -0.1) is 0 Å². The molecule has 0 heterocycles. The van der Waals surface area contributed by atoms with E-state index < -0.39 is 122 Å². The highest BCUT2D eigenvalue weighted by Crippen LogP contribution is 2.42. The molecule has 56 heavy (non-hydrogen) atoms. The lowest BCUT2D eigenvalue weighted by molar-refractivity contribution is -0.179. The number of ketones is 1. The molecule has 0 radical (unpaired) electrons. The van der Waals surface area contributed by atoms with Gasteiger partial charge < -0.3 is 43.7 Å². The second kappa shape index (κ2) is 21.8. The molecule has 2 fully saturated rings. The first-order chi connectivity index (χ1) is 26.1. The molecule has 0 bridgehead atoms. The summed E-state index contributed by atoms with van der Waals surface area (Å²) >= 11 is 0. The van der Waals surface area contributed by atoms with E-state index in [4.69, 9.17) is 28.4 Å². The molecule has 0 spiro atoms. The number of ether oxygens (including phenoxy) is 6. The van der Waals surface area contributed by atoms with E-state index in [-0.39, 0.29) is 66.6 Å². The Morgan fingerprint density at radius 3 is 1.21 bits per heavy atom. The Morgan fingerprint density at radius 2 is 0.875 bits per heavy atom. The van der Waals surface area contributed by atoms with E-state index in [2.05, 4.69) is 26.3 Å². The number of aliphatic carboxylic acids is 1. The Balaban J connectivity index is 2.20. The molecule has 6 unspecified atom stereocenters. The zero-order valence-corrected chi connectivity index (χ0v) is 32.2. The van der Waals surface area contributed by atoms with Crippen LogP contribution < -0.4 is 0 Å². The lowest BCUT2D eigenvalue weighted by atomic mass is 9.66. The zero-order chi connectivity index (χ0) is 42.4. The van der Waals surface area contributed by atoms with Gasteiger partial charge >= 0.3 is 41.8 Å². The summed E-state index contributed by atoms with van der Waals surface area (Å²) in [7, 11) is 0. The highest BCUT2D eigenvalue weighted by Gasteiger charge is 2.47. The second-order valence-corrected chi connectivity index (χ2v) is 14.3. The second-order valence-electron chi connectivity index (χ2n) is 14.3. The van der Waals surface area contributed by atoms with Crippen LogP contribution >= 0.6 is 0 Å². The fraction of sp³-hybridized carbons (Fsp3) is 0.590. The summed E-state index contributed by atoms with van der Waals surface area (Å²) in [5.74, 6) is -13.5. The van der Waals surface area contributed by atoms with Crippen molar-refractivity contribution in [1.29, 1.82) is 0 Å². The number of carboxylic acids is 1. The minimum atomic E-state index is -1.97. The van der Waals surface area contributed by atoms with Gasteiger partial charge in [0.05, 0.1) is 17.8 Å². The molecule has 0 amide bonds. The van der Waals surface area contributed by atoms with Crippen molar-refractivity contribution >= 4 is 47.6 Å². The highest BCUT2D eigenvalue weighted by atomic mass is 16.6. The number of hydrogen-bond acceptors (Lipinski definition) is 16. The van der Waals surface area contributed by atoms with Crippen molar-refractivity contribution in [2.75, 3.05) is 26.4 Å². The molecule has 2 aliphatic rings. The van der Waals surface area contributed by atoms with Crippen LogP contribution in [0.25, 0.3) is 0 Å². The molecular weight excluding hydrogens is 740 g/mol. The van der Waals surface area contributed by atoms with Crippen LogP contribution in [0.1, 0.15) is 66.2 Å². The monoisotopic (exact) mass is 792 g/mol. The molecule has 2 rings (SSSR count). The Hall–Kier alpha value is -5.16. The minimum absolute atomic E-state index is 0.00508. The van der Waals surface area contributed by atoms with Crippen molar-refractivity contribution in [3.05, 3.63) is 48.6 Å². The van der Waals surface area contributed by atoms with Gasteiger partial charge in [-0.05, 0) is 66.2 Å². The summed E-state index contributed by atoms with van der Waals surface area (Å²) in [6.45, 7) is 17.3. The van der Waals surface area contributed by atoms with Crippen LogP contribution in [0.5, 0.6) is 0 Å². The van der Waals surface area contributed by atoms with E-state index >= 15 is 0 Å². The van der Waals surface area contributed by atoms with Gasteiger partial charge in [0.2, 0.25) is 0 Å². The summed E-state index contributed by atoms with van der Waals surface area (Å²) in [5.41, 5.74) is 0.211. The summed E-state index contributed by atoms with van der Waals surface area (Å²) < 4.78 is 31.3. The van der Waals surface area contributed by atoms with E-state index in [1.165, 1.54) is 27.7 Å². The maximum absolute atomic E-state index is 13.9. The molecule has 0 saturated heterocycles. The zero-order valence-electron chi connectivity index (χ0n) is 32.2. The molecule has 0 aromatic rings. The lowest BCUT2D eigenvalue weighted by Crippen LogP contribution is -2.45. The predicted octanol–water partition coefficient (Wildman–Crippen LogP) is 2.32. The van der Waals surface area contributed by atoms with Gasteiger partial charge in [0.15, 0.2) is 18.5 Å². The van der Waals surface area contributed by atoms with Gasteiger partial charge in [-0.2, -0.15) is 0 Å². The number of aliphatic hydroxyl groups is 2. The van der Waals surface area contributed by atoms with E-state index in [1.54, 1.807) is 0 Å². The third-order valence-corrected chi connectivity index (χ3v) is 9.43. The number of Topliss-reactive ketones (excluding diaryl/α,β-unsaturated/α-hetero) is 1. The van der Waals surface area contributed by atoms with Gasteiger partial charge in [0.1, 0.15) is 32.2 Å². The average Bonchev–Trinajstić information content (AvgIpc) is 3.14. The smallest absolute Gasteiger partial charge is 0.333 e. The average molecular weight is 793 g/mol. The number of hydrogen-bond donors (Lipinski definition) is 3. The molecule has 0 aromatic carbocycles. The molecule has 2 aliphatic carbocycles. The SMILES string of the molecule is C=C(C)C(=O)OCC(COC(=O)C(=C)C)OC(=O)C1CCC(C(=O)C2CCC(C(O)O)C(C(=O)OC(COC(=O)C(=C)C)COC(=O)C(=C)C)C2)CC1C(=O)O. The first-order valence-electron chi connectivity index (χ1n) is 18.0. The Labute approximate surface area is 324 Å². The third-order valence-electron chi connectivity index (χ3n) is 9.43. The number of aliphatic hydroxyl groups excluding tert-OH is 1. The molecular formula is C39H52O17. The molecule has 3 N–H and O–H groups in total. The van der Waals surface area contributed by atoms with Crippen LogP contribution in [0.2, 0.25) is 0 Å². The standard InChI is InChI=1S/C39H52O17/c1-19(2)34(45)51-15-25(16-52-35(46)20(3)4)55-38(49)28-12-10-23(13-29(28)33(43)44)31(40)24-9-11-27(32(41)42)30(14-24)39(50)56-26(17-53-36(47)21(5)6)18-54-37(48)22(7)8/h23-30,32,41-42H,1,3,5,7,9-18H2,2,4,6,8H3,(H,43,44). The first kappa shape index (κ1) is 47.0. The Morgan fingerprint density at radius 1 is 0.536 bits per heavy atom. The van der Waals surface area contributed by atoms with Crippen LogP contribution in [-0.2, 0) is 66.8 Å².